The quantitative estimate of drug-likeness (QED) is 0.494. The molecule has 1 aliphatic carbocycles. The Morgan fingerprint density at radius 3 is 2.70 bits per heavy atom. The molecule has 0 aromatic heterocycles. The molecule has 0 unspecified atom stereocenters. The molecule has 2 rings (SSSR count). The number of carbonyl (C=O) groups is 1. The van der Waals surface area contributed by atoms with E-state index < -0.39 is 0 Å². The van der Waals surface area contributed by atoms with E-state index in [1.165, 1.54) is 25.7 Å². The Kier molecular flexibility index (Phi) is 5.87. The zero-order chi connectivity index (χ0) is 14.2. The molecule has 0 spiro atoms. The van der Waals surface area contributed by atoms with Crippen molar-refractivity contribution in [3.8, 4) is 0 Å². The van der Waals surface area contributed by atoms with Crippen LogP contribution in [0.15, 0.2) is 24.3 Å². The number of amides is 1. The average molecular weight is 276 g/mol. The van der Waals surface area contributed by atoms with Gasteiger partial charge in [-0.3, -0.25) is 4.79 Å². The number of rotatable bonds is 5. The minimum atomic E-state index is -0.0956. The summed E-state index contributed by atoms with van der Waals surface area (Å²) in [5, 5.41) is 2.86. The van der Waals surface area contributed by atoms with Crippen molar-refractivity contribution >= 4 is 11.6 Å². The third-order valence-corrected chi connectivity index (χ3v) is 3.69. The van der Waals surface area contributed by atoms with E-state index in [-0.39, 0.29) is 5.91 Å². The summed E-state index contributed by atoms with van der Waals surface area (Å²) in [6, 6.07) is 7.00. The summed E-state index contributed by atoms with van der Waals surface area (Å²) in [4.78, 5) is 11.9. The summed E-state index contributed by atoms with van der Waals surface area (Å²) in [5.74, 6) is -0.0956. The van der Waals surface area contributed by atoms with Crippen LogP contribution in [-0.4, -0.2) is 25.2 Å². The Bertz CT molecular complexity index is 426. The lowest BCUT2D eigenvalue weighted by Crippen LogP contribution is -2.28. The second kappa shape index (κ2) is 7.90. The maximum Gasteiger partial charge on any atom is 0.251 e. The average Bonchev–Trinajstić information content (AvgIpc) is 2.72. The number of nitrogens with one attached hydrogen (secondary N) is 1. The number of carbonyl (C=O) groups excluding carboxylic acids is 1. The van der Waals surface area contributed by atoms with Crippen LogP contribution < -0.4 is 11.1 Å². The topological polar surface area (TPSA) is 64.4 Å². The molecule has 1 amide bonds. The fourth-order valence-electron chi connectivity index (χ4n) is 2.58. The molecule has 0 radical (unpaired) electrons. The molecule has 1 aromatic rings. The number of benzene rings is 1. The second-order valence-corrected chi connectivity index (χ2v) is 5.37. The van der Waals surface area contributed by atoms with E-state index in [0.29, 0.717) is 30.5 Å². The molecular formula is C16H24N2O2. The van der Waals surface area contributed by atoms with Gasteiger partial charge in [0.2, 0.25) is 0 Å². The van der Waals surface area contributed by atoms with Gasteiger partial charge in [-0.15, -0.1) is 0 Å². The molecule has 4 nitrogen and oxygen atoms in total. The Balaban J connectivity index is 1.66. The summed E-state index contributed by atoms with van der Waals surface area (Å²) in [6.45, 7) is 1.13. The number of hydrogen-bond donors (Lipinski definition) is 2. The van der Waals surface area contributed by atoms with Crippen LogP contribution in [0.3, 0.4) is 0 Å². The first kappa shape index (κ1) is 14.9. The second-order valence-electron chi connectivity index (χ2n) is 5.37. The molecule has 0 aliphatic heterocycles. The van der Waals surface area contributed by atoms with E-state index in [1.807, 2.05) is 0 Å². The lowest BCUT2D eigenvalue weighted by molar-refractivity contribution is 0.0442. The van der Waals surface area contributed by atoms with Gasteiger partial charge in [0.1, 0.15) is 0 Å². The molecule has 0 atom stereocenters. The minimum absolute atomic E-state index is 0.0956. The lowest BCUT2D eigenvalue weighted by Gasteiger charge is -2.15. The van der Waals surface area contributed by atoms with Crippen molar-refractivity contribution < 1.29 is 9.53 Å². The van der Waals surface area contributed by atoms with Crippen LogP contribution in [0.1, 0.15) is 48.9 Å². The van der Waals surface area contributed by atoms with E-state index >= 15 is 0 Å². The van der Waals surface area contributed by atoms with Gasteiger partial charge in [-0.1, -0.05) is 31.7 Å². The number of anilines is 1. The molecule has 0 bridgehead atoms. The molecular weight excluding hydrogens is 252 g/mol. The van der Waals surface area contributed by atoms with Gasteiger partial charge in [-0.2, -0.15) is 0 Å². The van der Waals surface area contributed by atoms with Crippen LogP contribution in [0, 0.1) is 0 Å². The van der Waals surface area contributed by atoms with E-state index in [9.17, 15) is 4.79 Å². The Labute approximate surface area is 120 Å². The highest BCUT2D eigenvalue weighted by atomic mass is 16.5. The first-order valence-electron chi connectivity index (χ1n) is 7.51. The number of nitrogens with two attached hydrogens (primary N) is 1. The van der Waals surface area contributed by atoms with Gasteiger partial charge in [0, 0.05) is 17.8 Å². The molecule has 1 aliphatic rings. The summed E-state index contributed by atoms with van der Waals surface area (Å²) >= 11 is 0. The fraction of sp³-hybridized carbons (Fsp3) is 0.562. The van der Waals surface area contributed by atoms with Crippen LogP contribution in [0.2, 0.25) is 0 Å². The monoisotopic (exact) mass is 276 g/mol. The van der Waals surface area contributed by atoms with Gasteiger partial charge in [0.25, 0.3) is 5.91 Å². The van der Waals surface area contributed by atoms with E-state index in [1.54, 1.807) is 24.3 Å². The fourth-order valence-corrected chi connectivity index (χ4v) is 2.58. The molecule has 0 heterocycles. The number of ether oxygens (including phenoxy) is 1. The zero-order valence-electron chi connectivity index (χ0n) is 11.9. The molecule has 1 fully saturated rings. The van der Waals surface area contributed by atoms with Crippen LogP contribution in [0.5, 0.6) is 0 Å². The van der Waals surface area contributed by atoms with Gasteiger partial charge in [0.15, 0.2) is 0 Å². The minimum Gasteiger partial charge on any atom is -0.399 e. The van der Waals surface area contributed by atoms with Crippen molar-refractivity contribution in [2.24, 2.45) is 0 Å². The molecule has 1 aromatic carbocycles. The van der Waals surface area contributed by atoms with Crippen LogP contribution in [-0.2, 0) is 4.74 Å². The highest BCUT2D eigenvalue weighted by Gasteiger charge is 2.12. The van der Waals surface area contributed by atoms with E-state index in [2.05, 4.69) is 5.32 Å². The Hall–Kier alpha value is -1.55. The third kappa shape index (κ3) is 4.85. The van der Waals surface area contributed by atoms with Crippen molar-refractivity contribution in [2.75, 3.05) is 18.9 Å². The molecule has 3 N–H and O–H groups in total. The number of hydrogen-bond acceptors (Lipinski definition) is 3. The van der Waals surface area contributed by atoms with Crippen LogP contribution >= 0.6 is 0 Å². The highest BCUT2D eigenvalue weighted by molar-refractivity contribution is 5.94. The summed E-state index contributed by atoms with van der Waals surface area (Å²) < 4.78 is 5.83. The SMILES string of the molecule is Nc1cccc(C(=O)NCCOC2CCCCCC2)c1. The highest BCUT2D eigenvalue weighted by Crippen LogP contribution is 2.19. The summed E-state index contributed by atoms with van der Waals surface area (Å²) in [5.41, 5.74) is 6.86. The van der Waals surface area contributed by atoms with Gasteiger partial charge in [-0.25, -0.2) is 0 Å². The summed E-state index contributed by atoms with van der Waals surface area (Å²) in [7, 11) is 0. The Morgan fingerprint density at radius 2 is 2.00 bits per heavy atom. The van der Waals surface area contributed by atoms with Gasteiger partial charge in [-0.05, 0) is 31.0 Å². The summed E-state index contributed by atoms with van der Waals surface area (Å²) in [6.07, 6.45) is 7.87. The maximum absolute atomic E-state index is 11.9. The zero-order valence-corrected chi connectivity index (χ0v) is 11.9. The van der Waals surface area contributed by atoms with Crippen molar-refractivity contribution in [1.82, 2.24) is 5.32 Å². The standard InChI is InChI=1S/C16H24N2O2/c17-14-7-5-6-13(12-14)16(19)18-10-11-20-15-8-3-1-2-4-9-15/h5-7,12,15H,1-4,8-11,17H2,(H,18,19). The predicted octanol–water partition coefficient (Wildman–Crippen LogP) is 2.74. The van der Waals surface area contributed by atoms with E-state index in [4.69, 9.17) is 10.5 Å². The van der Waals surface area contributed by atoms with Crippen molar-refractivity contribution in [3.05, 3.63) is 29.8 Å². The molecule has 1 saturated carbocycles. The van der Waals surface area contributed by atoms with Crippen LogP contribution in [0.25, 0.3) is 0 Å². The van der Waals surface area contributed by atoms with Crippen molar-refractivity contribution in [3.63, 3.8) is 0 Å². The molecule has 4 heteroatoms. The lowest BCUT2D eigenvalue weighted by atomic mass is 10.1. The van der Waals surface area contributed by atoms with Gasteiger partial charge >= 0.3 is 0 Å². The first-order chi connectivity index (χ1) is 9.75. The van der Waals surface area contributed by atoms with Crippen molar-refractivity contribution in [2.45, 2.75) is 44.6 Å². The molecule has 110 valence electrons. The number of nitrogen functional groups attached to an aromatic ring is 1. The normalized spacial score (nSPS) is 16.6. The first-order valence-corrected chi connectivity index (χ1v) is 7.51. The smallest absolute Gasteiger partial charge is 0.251 e. The molecule has 0 saturated heterocycles. The van der Waals surface area contributed by atoms with Crippen LogP contribution in [0.4, 0.5) is 5.69 Å². The predicted molar refractivity (Wildman–Crippen MR) is 80.6 cm³/mol. The molecule has 20 heavy (non-hydrogen) atoms. The maximum atomic E-state index is 11.9. The van der Waals surface area contributed by atoms with E-state index in [0.717, 1.165) is 12.8 Å². The Morgan fingerprint density at radius 1 is 1.25 bits per heavy atom. The third-order valence-electron chi connectivity index (χ3n) is 3.69. The van der Waals surface area contributed by atoms with Gasteiger partial charge < -0.3 is 15.8 Å². The largest absolute Gasteiger partial charge is 0.399 e. The van der Waals surface area contributed by atoms with Crippen molar-refractivity contribution in [1.29, 1.82) is 0 Å². The van der Waals surface area contributed by atoms with Gasteiger partial charge in [0.05, 0.1) is 12.7 Å².